The van der Waals surface area contributed by atoms with Gasteiger partial charge in [0.2, 0.25) is 0 Å². The van der Waals surface area contributed by atoms with Crippen molar-refractivity contribution in [2.45, 2.75) is 70.3 Å². The predicted octanol–water partition coefficient (Wildman–Crippen LogP) is 4.31. The summed E-state index contributed by atoms with van der Waals surface area (Å²) in [6, 6.07) is 7.16. The van der Waals surface area contributed by atoms with E-state index in [1.807, 2.05) is 12.1 Å². The van der Waals surface area contributed by atoms with Gasteiger partial charge >= 0.3 is 0 Å². The second-order valence-corrected chi connectivity index (χ2v) is 6.91. The summed E-state index contributed by atoms with van der Waals surface area (Å²) in [5, 5.41) is 0. The van der Waals surface area contributed by atoms with Crippen LogP contribution in [0.2, 0.25) is 0 Å². The molecule has 1 aromatic carbocycles. The zero-order valence-electron chi connectivity index (χ0n) is 12.8. The standard InChI is InChI=1S/C16H26O3S/c1-4-5-6-7-8-11-15-12-9-10-13-16(15)20(17,18)19-14(2)3/h9-10,12-14H,4-8,11H2,1-3H3. The molecule has 0 N–H and O–H groups in total. The maximum Gasteiger partial charge on any atom is 0.297 e. The first-order chi connectivity index (χ1) is 9.47. The summed E-state index contributed by atoms with van der Waals surface area (Å²) in [6.07, 6.45) is 6.30. The van der Waals surface area contributed by atoms with Gasteiger partial charge in [-0.05, 0) is 38.3 Å². The van der Waals surface area contributed by atoms with Crippen LogP contribution in [0.3, 0.4) is 0 Å². The van der Waals surface area contributed by atoms with Gasteiger partial charge in [0.15, 0.2) is 0 Å². The second-order valence-electron chi connectivity index (χ2n) is 5.37. The highest BCUT2D eigenvalue weighted by molar-refractivity contribution is 7.86. The van der Waals surface area contributed by atoms with Crippen LogP contribution in [0.1, 0.15) is 58.4 Å². The Morgan fingerprint density at radius 2 is 1.70 bits per heavy atom. The van der Waals surface area contributed by atoms with Gasteiger partial charge in [-0.2, -0.15) is 8.42 Å². The minimum absolute atomic E-state index is 0.323. The number of aryl methyl sites for hydroxylation is 1. The zero-order chi connectivity index (χ0) is 15.0. The van der Waals surface area contributed by atoms with Crippen LogP contribution >= 0.6 is 0 Å². The van der Waals surface area contributed by atoms with Gasteiger partial charge in [-0.15, -0.1) is 0 Å². The molecule has 0 aromatic heterocycles. The van der Waals surface area contributed by atoms with Crippen LogP contribution < -0.4 is 0 Å². The predicted molar refractivity (Wildman–Crippen MR) is 82.3 cm³/mol. The molecule has 0 aliphatic rings. The number of hydrogen-bond acceptors (Lipinski definition) is 3. The average molecular weight is 298 g/mol. The van der Waals surface area contributed by atoms with E-state index in [0.717, 1.165) is 24.8 Å². The number of unbranched alkanes of at least 4 members (excludes halogenated alkanes) is 4. The lowest BCUT2D eigenvalue weighted by atomic mass is 10.1. The van der Waals surface area contributed by atoms with Gasteiger partial charge < -0.3 is 0 Å². The lowest BCUT2D eigenvalue weighted by Gasteiger charge is -2.12. The summed E-state index contributed by atoms with van der Waals surface area (Å²) in [5.74, 6) is 0. The molecule has 1 rings (SSSR count). The molecule has 0 fully saturated rings. The molecule has 0 aliphatic heterocycles. The number of rotatable bonds is 9. The van der Waals surface area contributed by atoms with Crippen molar-refractivity contribution in [2.24, 2.45) is 0 Å². The third-order valence-electron chi connectivity index (χ3n) is 3.11. The summed E-state index contributed by atoms with van der Waals surface area (Å²) < 4.78 is 29.4. The van der Waals surface area contributed by atoms with Crippen molar-refractivity contribution in [3.8, 4) is 0 Å². The molecule has 0 radical (unpaired) electrons. The molecule has 0 aliphatic carbocycles. The van der Waals surface area contributed by atoms with Crippen LogP contribution in [0.5, 0.6) is 0 Å². The van der Waals surface area contributed by atoms with Gasteiger partial charge in [-0.3, -0.25) is 4.18 Å². The van der Waals surface area contributed by atoms with E-state index in [9.17, 15) is 8.42 Å². The molecule has 0 heterocycles. The maximum atomic E-state index is 12.2. The first-order valence-electron chi connectivity index (χ1n) is 7.48. The molecular formula is C16H26O3S. The van der Waals surface area contributed by atoms with E-state index in [2.05, 4.69) is 6.92 Å². The largest absolute Gasteiger partial charge is 0.297 e. The van der Waals surface area contributed by atoms with Crippen molar-refractivity contribution in [3.05, 3.63) is 29.8 Å². The number of benzene rings is 1. The molecule has 0 spiro atoms. The van der Waals surface area contributed by atoms with Crippen LogP contribution in [0, 0.1) is 0 Å². The fourth-order valence-corrected chi connectivity index (χ4v) is 3.53. The third-order valence-corrected chi connectivity index (χ3v) is 4.69. The molecule has 0 unspecified atom stereocenters. The van der Waals surface area contributed by atoms with Crippen molar-refractivity contribution in [1.82, 2.24) is 0 Å². The van der Waals surface area contributed by atoms with Crippen LogP contribution in [-0.4, -0.2) is 14.5 Å². The Morgan fingerprint density at radius 1 is 1.05 bits per heavy atom. The summed E-state index contributed by atoms with van der Waals surface area (Å²) >= 11 is 0. The monoisotopic (exact) mass is 298 g/mol. The van der Waals surface area contributed by atoms with E-state index in [-0.39, 0.29) is 6.10 Å². The molecule has 114 valence electrons. The summed E-state index contributed by atoms with van der Waals surface area (Å²) in [4.78, 5) is 0.323. The minimum Gasteiger partial charge on any atom is -0.264 e. The fourth-order valence-electron chi connectivity index (χ4n) is 2.18. The topological polar surface area (TPSA) is 43.4 Å². The van der Waals surface area contributed by atoms with Crippen LogP contribution in [0.15, 0.2) is 29.2 Å². The highest BCUT2D eigenvalue weighted by Gasteiger charge is 2.20. The Morgan fingerprint density at radius 3 is 2.35 bits per heavy atom. The van der Waals surface area contributed by atoms with E-state index in [4.69, 9.17) is 4.18 Å². The molecule has 4 heteroatoms. The average Bonchev–Trinajstić information content (AvgIpc) is 2.37. The molecule has 3 nitrogen and oxygen atoms in total. The van der Waals surface area contributed by atoms with E-state index in [0.29, 0.717) is 4.90 Å². The van der Waals surface area contributed by atoms with Crippen molar-refractivity contribution in [2.75, 3.05) is 0 Å². The van der Waals surface area contributed by atoms with Gasteiger partial charge in [0.05, 0.1) is 11.0 Å². The van der Waals surface area contributed by atoms with Gasteiger partial charge in [0.25, 0.3) is 10.1 Å². The Labute approximate surface area is 123 Å². The number of hydrogen-bond donors (Lipinski definition) is 0. The lowest BCUT2D eigenvalue weighted by Crippen LogP contribution is -2.14. The van der Waals surface area contributed by atoms with Crippen LogP contribution in [-0.2, 0) is 20.7 Å². The van der Waals surface area contributed by atoms with Gasteiger partial charge in [-0.25, -0.2) is 0 Å². The quantitative estimate of drug-likeness (QED) is 0.504. The SMILES string of the molecule is CCCCCCCc1ccccc1S(=O)(=O)OC(C)C. The van der Waals surface area contributed by atoms with E-state index in [1.165, 1.54) is 19.3 Å². The molecule has 0 atom stereocenters. The maximum absolute atomic E-state index is 12.2. The fraction of sp³-hybridized carbons (Fsp3) is 0.625. The first-order valence-corrected chi connectivity index (χ1v) is 8.89. The van der Waals surface area contributed by atoms with E-state index < -0.39 is 10.1 Å². The molecule has 0 saturated carbocycles. The Hall–Kier alpha value is -0.870. The van der Waals surface area contributed by atoms with E-state index in [1.54, 1.807) is 26.0 Å². The normalized spacial score (nSPS) is 12.0. The first kappa shape index (κ1) is 17.2. The second kappa shape index (κ2) is 8.42. The minimum atomic E-state index is -3.64. The van der Waals surface area contributed by atoms with Crippen molar-refractivity contribution in [1.29, 1.82) is 0 Å². The highest BCUT2D eigenvalue weighted by Crippen LogP contribution is 2.21. The summed E-state index contributed by atoms with van der Waals surface area (Å²) in [6.45, 7) is 5.64. The van der Waals surface area contributed by atoms with Crippen LogP contribution in [0.4, 0.5) is 0 Å². The van der Waals surface area contributed by atoms with Gasteiger partial charge in [0, 0.05) is 0 Å². The summed E-state index contributed by atoms with van der Waals surface area (Å²) in [5.41, 5.74) is 0.865. The Balaban J connectivity index is 2.73. The lowest BCUT2D eigenvalue weighted by molar-refractivity contribution is 0.248. The smallest absolute Gasteiger partial charge is 0.264 e. The Kier molecular flexibility index (Phi) is 7.24. The van der Waals surface area contributed by atoms with Gasteiger partial charge in [0.1, 0.15) is 0 Å². The molecule has 0 saturated heterocycles. The summed E-state index contributed by atoms with van der Waals surface area (Å²) in [7, 11) is -3.64. The third kappa shape index (κ3) is 5.63. The van der Waals surface area contributed by atoms with Gasteiger partial charge in [-0.1, -0.05) is 50.8 Å². The van der Waals surface area contributed by atoms with Crippen molar-refractivity contribution >= 4 is 10.1 Å². The van der Waals surface area contributed by atoms with Crippen molar-refractivity contribution in [3.63, 3.8) is 0 Å². The molecule has 0 bridgehead atoms. The zero-order valence-corrected chi connectivity index (χ0v) is 13.6. The highest BCUT2D eigenvalue weighted by atomic mass is 32.2. The van der Waals surface area contributed by atoms with Crippen LogP contribution in [0.25, 0.3) is 0 Å². The van der Waals surface area contributed by atoms with Crippen molar-refractivity contribution < 1.29 is 12.6 Å². The molecule has 1 aromatic rings. The Bertz CT molecular complexity index is 492. The molecule has 20 heavy (non-hydrogen) atoms. The molecule has 0 amide bonds. The van der Waals surface area contributed by atoms with E-state index >= 15 is 0 Å². The molecular weight excluding hydrogens is 272 g/mol.